The van der Waals surface area contributed by atoms with Crippen molar-refractivity contribution in [3.63, 3.8) is 0 Å². The number of nitrogens with one attached hydrogen (secondary N) is 1. The molecule has 4 aromatic carbocycles. The highest BCUT2D eigenvalue weighted by molar-refractivity contribution is 6.42. The van der Waals surface area contributed by atoms with Crippen LogP contribution in [0.3, 0.4) is 0 Å². The number of carbonyl (C=O) groups is 2. The quantitative estimate of drug-likeness (QED) is 0.301. The van der Waals surface area contributed by atoms with Crippen LogP contribution in [0.5, 0.6) is 0 Å². The van der Waals surface area contributed by atoms with Crippen LogP contribution < -0.4 is 5.32 Å². The first-order valence-electron chi connectivity index (χ1n) is 10.6. The summed E-state index contributed by atoms with van der Waals surface area (Å²) >= 11 is 12.1. The van der Waals surface area contributed by atoms with Crippen molar-refractivity contribution in [3.05, 3.63) is 118 Å². The van der Waals surface area contributed by atoms with Crippen LogP contribution in [0.4, 0.5) is 0 Å². The molecule has 0 aliphatic rings. The molecule has 0 aliphatic carbocycles. The molecule has 1 unspecified atom stereocenters. The predicted molar refractivity (Wildman–Crippen MR) is 136 cm³/mol. The van der Waals surface area contributed by atoms with Gasteiger partial charge < -0.3 is 10.4 Å². The Bertz CT molecular complexity index is 1300. The van der Waals surface area contributed by atoms with Gasteiger partial charge in [-0.05, 0) is 52.1 Å². The Kier molecular flexibility index (Phi) is 7.31. The van der Waals surface area contributed by atoms with Crippen molar-refractivity contribution >= 4 is 35.1 Å². The van der Waals surface area contributed by atoms with Crippen molar-refractivity contribution in [2.75, 3.05) is 0 Å². The van der Waals surface area contributed by atoms with E-state index < -0.39 is 17.9 Å². The highest BCUT2D eigenvalue weighted by Crippen LogP contribution is 2.28. The Balaban J connectivity index is 1.43. The van der Waals surface area contributed by atoms with Crippen molar-refractivity contribution < 1.29 is 14.7 Å². The molecule has 0 fully saturated rings. The van der Waals surface area contributed by atoms with E-state index in [2.05, 4.69) is 5.32 Å². The first-order valence-corrected chi connectivity index (χ1v) is 11.4. The molecule has 4 nitrogen and oxygen atoms in total. The van der Waals surface area contributed by atoms with E-state index in [0.29, 0.717) is 15.6 Å². The number of carboxylic acid groups (broad SMARTS) is 1. The molecule has 0 spiro atoms. The Labute approximate surface area is 207 Å². The van der Waals surface area contributed by atoms with Crippen molar-refractivity contribution in [1.82, 2.24) is 5.32 Å². The molecule has 1 amide bonds. The normalized spacial score (nSPS) is 11.6. The number of carboxylic acids is 1. The van der Waals surface area contributed by atoms with Gasteiger partial charge in [-0.2, -0.15) is 0 Å². The maximum atomic E-state index is 12.7. The van der Waals surface area contributed by atoms with Gasteiger partial charge in [-0.15, -0.1) is 0 Å². The second-order valence-electron chi connectivity index (χ2n) is 7.84. The molecule has 0 radical (unpaired) electrons. The van der Waals surface area contributed by atoms with Crippen molar-refractivity contribution in [3.8, 4) is 22.3 Å². The molecular formula is C28H21Cl2NO3. The second kappa shape index (κ2) is 10.6. The van der Waals surface area contributed by atoms with Gasteiger partial charge in [-0.25, -0.2) is 4.79 Å². The van der Waals surface area contributed by atoms with Crippen molar-refractivity contribution in [2.24, 2.45) is 0 Å². The van der Waals surface area contributed by atoms with Gasteiger partial charge in [0, 0.05) is 12.0 Å². The Morgan fingerprint density at radius 3 is 1.88 bits per heavy atom. The number of amides is 1. The van der Waals surface area contributed by atoms with Gasteiger partial charge in [0.05, 0.1) is 10.0 Å². The molecule has 34 heavy (non-hydrogen) atoms. The summed E-state index contributed by atoms with van der Waals surface area (Å²) in [6, 6.07) is 28.7. The molecule has 0 bridgehead atoms. The monoisotopic (exact) mass is 489 g/mol. The number of benzene rings is 4. The molecule has 170 valence electrons. The molecule has 0 aliphatic heterocycles. The topological polar surface area (TPSA) is 66.4 Å². The average Bonchev–Trinajstić information content (AvgIpc) is 2.86. The smallest absolute Gasteiger partial charge is 0.326 e. The van der Waals surface area contributed by atoms with E-state index in [-0.39, 0.29) is 6.42 Å². The number of carbonyl (C=O) groups excluding carboxylic acids is 1. The van der Waals surface area contributed by atoms with Gasteiger partial charge in [-0.3, -0.25) is 4.79 Å². The summed E-state index contributed by atoms with van der Waals surface area (Å²) in [6.45, 7) is 0. The lowest BCUT2D eigenvalue weighted by atomic mass is 10.00. The van der Waals surface area contributed by atoms with Crippen LogP contribution in [0, 0.1) is 0 Å². The van der Waals surface area contributed by atoms with Gasteiger partial charge in [0.1, 0.15) is 6.04 Å². The Hall–Kier alpha value is -3.60. The molecule has 0 saturated carbocycles. The van der Waals surface area contributed by atoms with E-state index >= 15 is 0 Å². The van der Waals surface area contributed by atoms with Crippen LogP contribution in [0.15, 0.2) is 97.1 Å². The molecule has 0 saturated heterocycles. The minimum atomic E-state index is -1.09. The summed E-state index contributed by atoms with van der Waals surface area (Å²) in [4.78, 5) is 24.5. The number of aliphatic carboxylic acids is 1. The third-order valence-corrected chi connectivity index (χ3v) is 6.24. The largest absolute Gasteiger partial charge is 0.480 e. The average molecular weight is 490 g/mol. The standard InChI is InChI=1S/C28H21Cl2NO3/c29-24-15-14-23(17-25(24)30)21-10-12-22(13-11-21)27(32)31-26(28(33)34)16-18-6-8-20(9-7-18)19-4-2-1-3-5-19/h1-15,17,26H,16H2,(H,31,32)(H,33,34). The molecule has 4 aromatic rings. The summed E-state index contributed by atoms with van der Waals surface area (Å²) in [5.74, 6) is -1.54. The number of halogens is 2. The summed E-state index contributed by atoms with van der Waals surface area (Å²) in [6.07, 6.45) is 0.178. The lowest BCUT2D eigenvalue weighted by Gasteiger charge is -2.15. The zero-order valence-electron chi connectivity index (χ0n) is 18.0. The van der Waals surface area contributed by atoms with Crippen LogP contribution in [0.25, 0.3) is 22.3 Å². The predicted octanol–water partition coefficient (Wildman–Crippen LogP) is 6.75. The zero-order valence-corrected chi connectivity index (χ0v) is 19.6. The Morgan fingerprint density at radius 2 is 1.26 bits per heavy atom. The molecule has 2 N–H and O–H groups in total. The minimum absolute atomic E-state index is 0.178. The van der Waals surface area contributed by atoms with E-state index in [1.165, 1.54) is 0 Å². The number of hydrogen-bond acceptors (Lipinski definition) is 2. The molecular weight excluding hydrogens is 469 g/mol. The maximum Gasteiger partial charge on any atom is 0.326 e. The molecule has 0 heterocycles. The zero-order chi connectivity index (χ0) is 24.1. The lowest BCUT2D eigenvalue weighted by Crippen LogP contribution is -2.42. The van der Waals surface area contributed by atoms with Gasteiger partial charge in [-0.1, -0.05) is 96.0 Å². The third-order valence-electron chi connectivity index (χ3n) is 5.50. The summed E-state index contributed by atoms with van der Waals surface area (Å²) < 4.78 is 0. The fraction of sp³-hybridized carbons (Fsp3) is 0.0714. The van der Waals surface area contributed by atoms with Gasteiger partial charge >= 0.3 is 5.97 Å². The highest BCUT2D eigenvalue weighted by atomic mass is 35.5. The third kappa shape index (κ3) is 5.66. The lowest BCUT2D eigenvalue weighted by molar-refractivity contribution is -0.139. The SMILES string of the molecule is O=C(NC(Cc1ccc(-c2ccccc2)cc1)C(=O)O)c1ccc(-c2ccc(Cl)c(Cl)c2)cc1. The number of rotatable bonds is 7. The minimum Gasteiger partial charge on any atom is -0.480 e. The van der Waals surface area contributed by atoms with E-state index in [1.807, 2.05) is 60.7 Å². The fourth-order valence-corrected chi connectivity index (χ4v) is 3.93. The summed E-state index contributed by atoms with van der Waals surface area (Å²) in [5, 5.41) is 13.2. The highest BCUT2D eigenvalue weighted by Gasteiger charge is 2.21. The molecule has 1 atom stereocenters. The van der Waals surface area contributed by atoms with Gasteiger partial charge in [0.2, 0.25) is 0 Å². The van der Waals surface area contributed by atoms with E-state index in [9.17, 15) is 14.7 Å². The van der Waals surface area contributed by atoms with E-state index in [4.69, 9.17) is 23.2 Å². The Morgan fingerprint density at radius 1 is 0.706 bits per heavy atom. The van der Waals surface area contributed by atoms with Crippen molar-refractivity contribution in [1.29, 1.82) is 0 Å². The van der Waals surface area contributed by atoms with Crippen molar-refractivity contribution in [2.45, 2.75) is 12.5 Å². The molecule has 0 aromatic heterocycles. The van der Waals surface area contributed by atoms with Gasteiger partial charge in [0.15, 0.2) is 0 Å². The van der Waals surface area contributed by atoms with Crippen LogP contribution in [-0.4, -0.2) is 23.0 Å². The van der Waals surface area contributed by atoms with E-state index in [0.717, 1.165) is 27.8 Å². The van der Waals surface area contributed by atoms with Crippen LogP contribution in [-0.2, 0) is 11.2 Å². The molecule has 4 rings (SSSR count). The second-order valence-corrected chi connectivity index (χ2v) is 8.65. The maximum absolute atomic E-state index is 12.7. The summed E-state index contributed by atoms with van der Waals surface area (Å²) in [7, 11) is 0. The van der Waals surface area contributed by atoms with Crippen LogP contribution in [0.1, 0.15) is 15.9 Å². The fourth-order valence-electron chi connectivity index (χ4n) is 3.63. The van der Waals surface area contributed by atoms with Crippen LogP contribution >= 0.6 is 23.2 Å². The van der Waals surface area contributed by atoms with E-state index in [1.54, 1.807) is 36.4 Å². The molecule has 6 heteroatoms. The number of hydrogen-bond donors (Lipinski definition) is 2. The summed E-state index contributed by atoms with van der Waals surface area (Å²) in [5.41, 5.74) is 5.05. The first kappa shape index (κ1) is 23.6. The van der Waals surface area contributed by atoms with Gasteiger partial charge in [0.25, 0.3) is 5.91 Å². The van der Waals surface area contributed by atoms with Crippen LogP contribution in [0.2, 0.25) is 10.0 Å². The first-order chi connectivity index (χ1) is 16.4.